The van der Waals surface area contributed by atoms with Gasteiger partial charge in [0.15, 0.2) is 5.96 Å². The van der Waals surface area contributed by atoms with E-state index in [-0.39, 0.29) is 41.7 Å². The third kappa shape index (κ3) is 7.31. The average molecular weight is 578 g/mol. The number of benzene rings is 1. The summed E-state index contributed by atoms with van der Waals surface area (Å²) in [5.74, 6) is 1.11. The van der Waals surface area contributed by atoms with Crippen LogP contribution in [0, 0.1) is 0 Å². The highest BCUT2D eigenvalue weighted by molar-refractivity contribution is 14.0. The van der Waals surface area contributed by atoms with Crippen LogP contribution in [0.3, 0.4) is 0 Å². The Morgan fingerprint density at radius 2 is 1.78 bits per heavy atom. The van der Waals surface area contributed by atoms with Crippen molar-refractivity contribution in [3.05, 3.63) is 35.4 Å². The Kier molecular flexibility index (Phi) is 10.7. The quantitative estimate of drug-likeness (QED) is 0.214. The Bertz CT molecular complexity index is 860. The van der Waals surface area contributed by atoms with Crippen molar-refractivity contribution >= 4 is 45.9 Å². The van der Waals surface area contributed by atoms with Gasteiger partial charge in [-0.05, 0) is 36.8 Å². The smallest absolute Gasteiger partial charge is 0.223 e. The Labute approximate surface area is 209 Å². The normalized spacial score (nSPS) is 17.6. The van der Waals surface area contributed by atoms with Crippen LogP contribution in [0.15, 0.2) is 29.3 Å². The van der Waals surface area contributed by atoms with E-state index in [1.54, 1.807) is 11.4 Å². The molecule has 8 nitrogen and oxygen atoms in total. The number of piperidine rings is 1. The number of hydrogen-bond acceptors (Lipinski definition) is 4. The third-order valence-electron chi connectivity index (χ3n) is 5.93. The molecule has 2 aliphatic heterocycles. The molecule has 1 saturated heterocycles. The van der Waals surface area contributed by atoms with Crippen LogP contribution in [0.2, 0.25) is 0 Å². The minimum atomic E-state index is -3.12. The summed E-state index contributed by atoms with van der Waals surface area (Å²) in [5, 5.41) is 6.66. The van der Waals surface area contributed by atoms with Gasteiger partial charge < -0.3 is 15.5 Å². The Morgan fingerprint density at radius 3 is 2.34 bits per heavy atom. The fourth-order valence-electron chi connectivity index (χ4n) is 4.17. The first kappa shape index (κ1) is 26.8. The van der Waals surface area contributed by atoms with Crippen molar-refractivity contribution in [3.8, 4) is 0 Å². The molecule has 10 heteroatoms. The molecule has 0 spiro atoms. The van der Waals surface area contributed by atoms with Gasteiger partial charge in [-0.2, -0.15) is 0 Å². The molecular weight excluding hydrogens is 541 g/mol. The molecule has 2 N–H and O–H groups in total. The monoisotopic (exact) mass is 577 g/mol. The molecule has 1 aromatic carbocycles. The lowest BCUT2D eigenvalue weighted by Gasteiger charge is -2.32. The second kappa shape index (κ2) is 12.7. The number of fused-ring (bicyclic) bond motifs is 1. The molecular formula is C22H36IN5O3S. The standard InChI is InChI=1S/C22H35N5O3S.HI/c1-3-15-31(29,30)27-13-10-20(11-14-27)25-22(23-2)24-12-6-9-21(28)26-16-18-7-4-5-8-19(18)17-26;/h4-5,7-8,20H,3,6,9-17H2,1-2H3,(H2,23,24,25);1H. The van der Waals surface area contributed by atoms with Crippen molar-refractivity contribution in [2.45, 2.75) is 58.2 Å². The maximum atomic E-state index is 12.5. The van der Waals surface area contributed by atoms with Gasteiger partial charge in [-0.3, -0.25) is 9.79 Å². The topological polar surface area (TPSA) is 94.1 Å². The average Bonchev–Trinajstić information content (AvgIpc) is 3.20. The number of carbonyl (C=O) groups excluding carboxylic acids is 1. The van der Waals surface area contributed by atoms with Gasteiger partial charge in [0.25, 0.3) is 0 Å². The van der Waals surface area contributed by atoms with Crippen molar-refractivity contribution in [3.63, 3.8) is 0 Å². The molecule has 0 aliphatic carbocycles. The summed E-state index contributed by atoms with van der Waals surface area (Å²) in [6.45, 7) is 5.05. The number of nitrogens with zero attached hydrogens (tertiary/aromatic N) is 3. The maximum absolute atomic E-state index is 12.5. The number of rotatable bonds is 8. The molecule has 0 aromatic heterocycles. The zero-order valence-electron chi connectivity index (χ0n) is 19.0. The van der Waals surface area contributed by atoms with Crippen LogP contribution in [-0.2, 0) is 27.9 Å². The SMILES string of the molecule is CCCS(=O)(=O)N1CCC(NC(=NC)NCCCC(=O)N2Cc3ccccc3C2)CC1.I. The predicted octanol–water partition coefficient (Wildman–Crippen LogP) is 2.30. The molecule has 180 valence electrons. The summed E-state index contributed by atoms with van der Waals surface area (Å²) in [7, 11) is -1.39. The summed E-state index contributed by atoms with van der Waals surface area (Å²) in [6.07, 6.45) is 3.41. The Balaban J connectivity index is 0.00000363. The van der Waals surface area contributed by atoms with Crippen LogP contribution < -0.4 is 10.6 Å². The van der Waals surface area contributed by atoms with Gasteiger partial charge in [-0.1, -0.05) is 31.2 Å². The minimum Gasteiger partial charge on any atom is -0.356 e. The van der Waals surface area contributed by atoms with E-state index in [0.717, 1.165) is 19.3 Å². The number of halogens is 1. The highest BCUT2D eigenvalue weighted by Gasteiger charge is 2.27. The fourth-order valence-corrected chi connectivity index (χ4v) is 5.71. The molecule has 0 unspecified atom stereocenters. The summed E-state index contributed by atoms with van der Waals surface area (Å²) in [6, 6.07) is 8.41. The van der Waals surface area contributed by atoms with Gasteiger partial charge in [0, 0.05) is 52.2 Å². The number of sulfonamides is 1. The van der Waals surface area contributed by atoms with E-state index in [4.69, 9.17) is 0 Å². The highest BCUT2D eigenvalue weighted by atomic mass is 127. The summed E-state index contributed by atoms with van der Waals surface area (Å²) in [4.78, 5) is 18.7. The second-order valence-corrected chi connectivity index (χ2v) is 10.3. The number of carbonyl (C=O) groups is 1. The fraction of sp³-hybridized carbons (Fsp3) is 0.636. The van der Waals surface area contributed by atoms with Crippen molar-refractivity contribution in [1.82, 2.24) is 19.8 Å². The molecule has 2 heterocycles. The van der Waals surface area contributed by atoms with Gasteiger partial charge in [-0.15, -0.1) is 24.0 Å². The number of hydrogen-bond donors (Lipinski definition) is 2. The largest absolute Gasteiger partial charge is 0.356 e. The zero-order chi connectivity index (χ0) is 22.3. The predicted molar refractivity (Wildman–Crippen MR) is 139 cm³/mol. The maximum Gasteiger partial charge on any atom is 0.223 e. The number of amides is 1. The van der Waals surface area contributed by atoms with Crippen LogP contribution >= 0.6 is 24.0 Å². The minimum absolute atomic E-state index is 0. The van der Waals surface area contributed by atoms with Crippen molar-refractivity contribution in [2.24, 2.45) is 4.99 Å². The zero-order valence-corrected chi connectivity index (χ0v) is 22.2. The van der Waals surface area contributed by atoms with Gasteiger partial charge in [0.1, 0.15) is 0 Å². The van der Waals surface area contributed by atoms with Crippen LogP contribution in [0.4, 0.5) is 0 Å². The summed E-state index contributed by atoms with van der Waals surface area (Å²) in [5.41, 5.74) is 2.49. The van der Waals surface area contributed by atoms with Gasteiger partial charge in [-0.25, -0.2) is 12.7 Å². The molecule has 1 fully saturated rings. The van der Waals surface area contributed by atoms with Gasteiger partial charge in [0.2, 0.25) is 15.9 Å². The van der Waals surface area contributed by atoms with Crippen molar-refractivity contribution < 1.29 is 13.2 Å². The van der Waals surface area contributed by atoms with E-state index < -0.39 is 10.0 Å². The first-order chi connectivity index (χ1) is 14.9. The van der Waals surface area contributed by atoms with E-state index in [1.807, 2.05) is 24.0 Å². The summed E-state index contributed by atoms with van der Waals surface area (Å²) < 4.78 is 26.0. The molecule has 2 aliphatic rings. The molecule has 1 aromatic rings. The second-order valence-electron chi connectivity index (χ2n) is 8.25. The lowest BCUT2D eigenvalue weighted by Crippen LogP contribution is -2.50. The Hall–Kier alpha value is -1.40. The molecule has 0 bridgehead atoms. The highest BCUT2D eigenvalue weighted by Crippen LogP contribution is 2.22. The van der Waals surface area contributed by atoms with E-state index in [0.29, 0.717) is 51.5 Å². The van der Waals surface area contributed by atoms with Crippen LogP contribution in [0.5, 0.6) is 0 Å². The third-order valence-corrected chi connectivity index (χ3v) is 8.00. The lowest BCUT2D eigenvalue weighted by atomic mass is 10.1. The molecule has 3 rings (SSSR count). The molecule has 0 saturated carbocycles. The van der Waals surface area contributed by atoms with Crippen LogP contribution in [0.1, 0.15) is 50.2 Å². The first-order valence-corrected chi connectivity index (χ1v) is 12.8. The molecule has 0 atom stereocenters. The molecule has 32 heavy (non-hydrogen) atoms. The van der Waals surface area contributed by atoms with E-state index in [9.17, 15) is 13.2 Å². The first-order valence-electron chi connectivity index (χ1n) is 11.2. The van der Waals surface area contributed by atoms with Crippen LogP contribution in [-0.4, -0.2) is 68.0 Å². The Morgan fingerprint density at radius 1 is 1.16 bits per heavy atom. The van der Waals surface area contributed by atoms with Crippen molar-refractivity contribution in [1.29, 1.82) is 0 Å². The lowest BCUT2D eigenvalue weighted by molar-refractivity contribution is -0.131. The van der Waals surface area contributed by atoms with Gasteiger partial charge in [0.05, 0.1) is 5.75 Å². The van der Waals surface area contributed by atoms with E-state index in [1.165, 1.54) is 11.1 Å². The summed E-state index contributed by atoms with van der Waals surface area (Å²) >= 11 is 0. The van der Waals surface area contributed by atoms with Crippen LogP contribution in [0.25, 0.3) is 0 Å². The van der Waals surface area contributed by atoms with Gasteiger partial charge >= 0.3 is 0 Å². The van der Waals surface area contributed by atoms with Crippen molar-refractivity contribution in [2.75, 3.05) is 32.4 Å². The molecule has 0 radical (unpaired) electrons. The molecule has 1 amide bonds. The number of nitrogens with one attached hydrogen (secondary N) is 2. The number of aliphatic imine (C=N–C) groups is 1. The number of guanidine groups is 1. The van der Waals surface area contributed by atoms with E-state index in [2.05, 4.69) is 27.8 Å². The van der Waals surface area contributed by atoms with E-state index >= 15 is 0 Å².